The molecule has 2 N–H and O–H groups in total. The maximum absolute atomic E-state index is 12.5. The van der Waals surface area contributed by atoms with Gasteiger partial charge in [-0.3, -0.25) is 9.59 Å². The number of carbonyl (C=O) groups excluding carboxylic acids is 1. The van der Waals surface area contributed by atoms with Crippen molar-refractivity contribution in [1.82, 2.24) is 4.72 Å². The number of aliphatic carboxylic acids is 1. The highest BCUT2D eigenvalue weighted by atomic mass is 32.2. The van der Waals surface area contributed by atoms with Crippen molar-refractivity contribution in [3.8, 4) is 0 Å². The first-order valence-electron chi connectivity index (χ1n) is 8.19. The summed E-state index contributed by atoms with van der Waals surface area (Å²) in [6, 6.07) is 20.2. The predicted octanol–water partition coefficient (Wildman–Crippen LogP) is 2.59. The molecule has 1 unspecified atom stereocenters. The van der Waals surface area contributed by atoms with Gasteiger partial charge in [0.25, 0.3) is 10.0 Å². The molecular formula is C20H17NO5S. The molecule has 1 atom stereocenters. The van der Waals surface area contributed by atoms with Gasteiger partial charge in [-0.2, -0.15) is 0 Å². The number of carbonyl (C=O) groups is 2. The summed E-state index contributed by atoms with van der Waals surface area (Å²) < 4.78 is 27.0. The molecular weight excluding hydrogens is 366 g/mol. The van der Waals surface area contributed by atoms with E-state index in [1.807, 2.05) is 16.9 Å². The van der Waals surface area contributed by atoms with E-state index in [4.69, 9.17) is 0 Å². The molecule has 0 spiro atoms. The van der Waals surface area contributed by atoms with Crippen LogP contribution in [0.4, 0.5) is 0 Å². The third kappa shape index (κ3) is 4.32. The summed E-state index contributed by atoms with van der Waals surface area (Å²) in [7, 11) is -4.18. The number of sulfonamides is 1. The fourth-order valence-electron chi connectivity index (χ4n) is 2.74. The summed E-state index contributed by atoms with van der Waals surface area (Å²) in [5.41, 5.74) is 0.628. The van der Waals surface area contributed by atoms with Gasteiger partial charge in [0.15, 0.2) is 0 Å². The maximum atomic E-state index is 12.5. The summed E-state index contributed by atoms with van der Waals surface area (Å²) in [5, 5.41) is 10.9. The van der Waals surface area contributed by atoms with Crippen LogP contribution in [-0.2, 0) is 26.0 Å². The van der Waals surface area contributed by atoms with Crippen LogP contribution in [0.3, 0.4) is 0 Å². The van der Waals surface area contributed by atoms with Crippen LogP contribution in [0, 0.1) is 5.92 Å². The van der Waals surface area contributed by atoms with Crippen LogP contribution < -0.4 is 4.72 Å². The Kier molecular flexibility index (Phi) is 5.23. The molecule has 0 fully saturated rings. The summed E-state index contributed by atoms with van der Waals surface area (Å²) in [6.45, 7) is 0. The molecule has 0 saturated heterocycles. The third-order valence-electron chi connectivity index (χ3n) is 4.16. The fourth-order valence-corrected chi connectivity index (χ4v) is 3.79. The Labute approximate surface area is 156 Å². The van der Waals surface area contributed by atoms with Gasteiger partial charge in [0, 0.05) is 0 Å². The molecule has 3 rings (SSSR count). The minimum atomic E-state index is -4.18. The molecule has 0 saturated carbocycles. The van der Waals surface area contributed by atoms with E-state index >= 15 is 0 Å². The number of carboxylic acid groups (broad SMARTS) is 1. The van der Waals surface area contributed by atoms with Gasteiger partial charge in [0.2, 0.25) is 5.91 Å². The zero-order valence-corrected chi connectivity index (χ0v) is 15.0. The van der Waals surface area contributed by atoms with Crippen molar-refractivity contribution in [3.63, 3.8) is 0 Å². The van der Waals surface area contributed by atoms with Crippen LogP contribution in [0.5, 0.6) is 0 Å². The van der Waals surface area contributed by atoms with Crippen molar-refractivity contribution in [3.05, 3.63) is 78.4 Å². The van der Waals surface area contributed by atoms with Crippen LogP contribution in [0.25, 0.3) is 10.8 Å². The van der Waals surface area contributed by atoms with E-state index < -0.39 is 27.8 Å². The molecule has 0 radical (unpaired) electrons. The zero-order chi connectivity index (χ0) is 19.4. The molecule has 6 nitrogen and oxygen atoms in total. The Hall–Kier alpha value is -3.19. The van der Waals surface area contributed by atoms with E-state index in [0.717, 1.165) is 5.39 Å². The van der Waals surface area contributed by atoms with Crippen LogP contribution >= 0.6 is 0 Å². The average molecular weight is 383 g/mol. The van der Waals surface area contributed by atoms with E-state index in [2.05, 4.69) is 0 Å². The molecule has 0 aliphatic heterocycles. The number of benzene rings is 3. The zero-order valence-electron chi connectivity index (χ0n) is 14.2. The largest absolute Gasteiger partial charge is 0.481 e. The van der Waals surface area contributed by atoms with Crippen molar-refractivity contribution in [2.24, 2.45) is 5.92 Å². The summed E-state index contributed by atoms with van der Waals surface area (Å²) >= 11 is 0. The lowest BCUT2D eigenvalue weighted by Gasteiger charge is -2.13. The fraction of sp³-hybridized carbons (Fsp3) is 0.100. The lowest BCUT2D eigenvalue weighted by atomic mass is 9.99. The number of hydrogen-bond donors (Lipinski definition) is 2. The molecule has 27 heavy (non-hydrogen) atoms. The number of carboxylic acids is 1. The van der Waals surface area contributed by atoms with Crippen molar-refractivity contribution in [2.45, 2.75) is 11.3 Å². The van der Waals surface area contributed by atoms with Gasteiger partial charge in [0.1, 0.15) is 5.92 Å². The van der Waals surface area contributed by atoms with Crippen molar-refractivity contribution >= 4 is 32.7 Å². The van der Waals surface area contributed by atoms with Gasteiger partial charge in [-0.05, 0) is 34.9 Å². The Morgan fingerprint density at radius 1 is 0.889 bits per heavy atom. The highest BCUT2D eigenvalue weighted by Crippen LogP contribution is 2.19. The molecule has 7 heteroatoms. The minimum Gasteiger partial charge on any atom is -0.481 e. The smallest absolute Gasteiger partial charge is 0.316 e. The number of rotatable bonds is 6. The summed E-state index contributed by atoms with van der Waals surface area (Å²) in [4.78, 5) is 23.8. The van der Waals surface area contributed by atoms with Crippen LogP contribution in [-0.4, -0.2) is 25.4 Å². The van der Waals surface area contributed by atoms with E-state index in [1.165, 1.54) is 12.1 Å². The first-order chi connectivity index (χ1) is 12.9. The highest BCUT2D eigenvalue weighted by Gasteiger charge is 2.30. The molecule has 0 aliphatic rings. The topological polar surface area (TPSA) is 101 Å². The van der Waals surface area contributed by atoms with Gasteiger partial charge >= 0.3 is 5.97 Å². The van der Waals surface area contributed by atoms with E-state index in [1.54, 1.807) is 48.5 Å². The van der Waals surface area contributed by atoms with Crippen LogP contribution in [0.2, 0.25) is 0 Å². The lowest BCUT2D eigenvalue weighted by molar-refractivity contribution is -0.146. The number of hydrogen-bond acceptors (Lipinski definition) is 4. The van der Waals surface area contributed by atoms with E-state index in [0.29, 0.717) is 10.9 Å². The minimum absolute atomic E-state index is 0.0987. The Morgan fingerprint density at radius 2 is 1.52 bits per heavy atom. The van der Waals surface area contributed by atoms with Gasteiger partial charge in [-0.25, -0.2) is 13.1 Å². The first kappa shape index (κ1) is 18.6. The lowest BCUT2D eigenvalue weighted by Crippen LogP contribution is -2.40. The van der Waals surface area contributed by atoms with Crippen LogP contribution in [0.15, 0.2) is 77.7 Å². The SMILES string of the molecule is O=C(O)C(Cc1ccccc1)C(=O)NS(=O)(=O)c1ccc2ccccc2c1. The highest BCUT2D eigenvalue weighted by molar-refractivity contribution is 7.90. The van der Waals surface area contributed by atoms with Gasteiger partial charge in [0.05, 0.1) is 4.90 Å². The van der Waals surface area contributed by atoms with Crippen LogP contribution in [0.1, 0.15) is 5.56 Å². The molecule has 0 aliphatic carbocycles. The van der Waals surface area contributed by atoms with Gasteiger partial charge < -0.3 is 5.11 Å². The molecule has 3 aromatic carbocycles. The molecule has 0 bridgehead atoms. The monoisotopic (exact) mass is 383 g/mol. The van der Waals surface area contributed by atoms with E-state index in [-0.39, 0.29) is 11.3 Å². The van der Waals surface area contributed by atoms with Crippen molar-refractivity contribution < 1.29 is 23.1 Å². The van der Waals surface area contributed by atoms with Gasteiger partial charge in [-0.1, -0.05) is 60.7 Å². The first-order valence-corrected chi connectivity index (χ1v) is 9.67. The van der Waals surface area contributed by atoms with Crippen molar-refractivity contribution in [2.75, 3.05) is 0 Å². The second-order valence-electron chi connectivity index (χ2n) is 6.06. The normalized spacial score (nSPS) is 12.4. The number of amides is 1. The quantitative estimate of drug-likeness (QED) is 0.637. The molecule has 138 valence electrons. The average Bonchev–Trinajstić information content (AvgIpc) is 2.66. The van der Waals surface area contributed by atoms with E-state index in [9.17, 15) is 23.1 Å². The maximum Gasteiger partial charge on any atom is 0.316 e. The molecule has 1 amide bonds. The van der Waals surface area contributed by atoms with Gasteiger partial charge in [-0.15, -0.1) is 0 Å². The predicted molar refractivity (Wildman–Crippen MR) is 101 cm³/mol. The molecule has 3 aromatic rings. The summed E-state index contributed by atoms with van der Waals surface area (Å²) in [6.07, 6.45) is -0.102. The number of nitrogens with one attached hydrogen (secondary N) is 1. The molecule has 0 aromatic heterocycles. The summed E-state index contributed by atoms with van der Waals surface area (Å²) in [5.74, 6) is -3.97. The Morgan fingerprint density at radius 3 is 2.19 bits per heavy atom. The molecule has 0 heterocycles. The third-order valence-corrected chi connectivity index (χ3v) is 5.51. The Bertz CT molecular complexity index is 1090. The second kappa shape index (κ2) is 7.59. The Balaban J connectivity index is 1.83. The number of fused-ring (bicyclic) bond motifs is 1. The second-order valence-corrected chi connectivity index (χ2v) is 7.74. The van der Waals surface area contributed by atoms with Crippen molar-refractivity contribution in [1.29, 1.82) is 0 Å². The standard InChI is InChI=1S/C20H17NO5S/c22-19(18(20(23)24)12-14-6-2-1-3-7-14)21-27(25,26)17-11-10-15-8-4-5-9-16(15)13-17/h1-11,13,18H,12H2,(H,21,22)(H,23,24).